The van der Waals surface area contributed by atoms with Gasteiger partial charge in [0.25, 0.3) is 0 Å². The van der Waals surface area contributed by atoms with Crippen molar-refractivity contribution in [3.8, 4) is 0 Å². The number of esters is 1. The molecule has 2 aliphatic heterocycles. The number of benzene rings is 1. The maximum Gasteiger partial charge on any atom is 0.338 e. The molecule has 136 valence electrons. The molecule has 7 nitrogen and oxygen atoms in total. The molecule has 0 aliphatic carbocycles. The largest absolute Gasteiger partial charge is 0.459 e. The van der Waals surface area contributed by atoms with Gasteiger partial charge in [-0.05, 0) is 37.5 Å². The zero-order valence-corrected chi connectivity index (χ0v) is 15.1. The van der Waals surface area contributed by atoms with Gasteiger partial charge in [-0.15, -0.1) is 0 Å². The molecule has 1 saturated heterocycles. The molecule has 8 heteroatoms. The van der Waals surface area contributed by atoms with Gasteiger partial charge < -0.3 is 14.8 Å². The molecule has 2 atom stereocenters. The fourth-order valence-corrected chi connectivity index (χ4v) is 3.56. The van der Waals surface area contributed by atoms with Crippen molar-refractivity contribution in [1.82, 2.24) is 14.8 Å². The maximum absolute atomic E-state index is 12.9. The summed E-state index contributed by atoms with van der Waals surface area (Å²) < 4.78 is 12.8. The number of nitrogens with one attached hydrogen (secondary N) is 1. The second-order valence-electron chi connectivity index (χ2n) is 6.38. The first kappa shape index (κ1) is 17.1. The van der Waals surface area contributed by atoms with Gasteiger partial charge in [0, 0.05) is 17.3 Å². The van der Waals surface area contributed by atoms with E-state index in [-0.39, 0.29) is 12.7 Å². The van der Waals surface area contributed by atoms with E-state index >= 15 is 0 Å². The average Bonchev–Trinajstić information content (AvgIpc) is 3.29. The van der Waals surface area contributed by atoms with Gasteiger partial charge >= 0.3 is 5.97 Å². The Kier molecular flexibility index (Phi) is 4.65. The van der Waals surface area contributed by atoms with Crippen LogP contribution in [0.5, 0.6) is 0 Å². The zero-order chi connectivity index (χ0) is 18.1. The van der Waals surface area contributed by atoms with Crippen molar-refractivity contribution in [2.24, 2.45) is 0 Å². The van der Waals surface area contributed by atoms with Crippen LogP contribution in [0.25, 0.3) is 0 Å². The van der Waals surface area contributed by atoms with E-state index in [2.05, 4.69) is 15.4 Å². The lowest BCUT2D eigenvalue weighted by molar-refractivity contribution is -0.142. The van der Waals surface area contributed by atoms with Crippen molar-refractivity contribution in [2.75, 3.05) is 18.5 Å². The van der Waals surface area contributed by atoms with Gasteiger partial charge in [-0.2, -0.15) is 10.1 Å². The minimum Gasteiger partial charge on any atom is -0.459 e. The summed E-state index contributed by atoms with van der Waals surface area (Å²) in [5.74, 6) is 0.180. The molecule has 0 spiro atoms. The highest BCUT2D eigenvalue weighted by Crippen LogP contribution is 2.36. The summed E-state index contributed by atoms with van der Waals surface area (Å²) >= 11 is 6.17. The molecule has 3 heterocycles. The minimum atomic E-state index is -0.454. The van der Waals surface area contributed by atoms with Crippen LogP contribution in [0, 0.1) is 0 Å². The van der Waals surface area contributed by atoms with Gasteiger partial charge in [-0.25, -0.2) is 9.48 Å². The predicted octanol–water partition coefficient (Wildman–Crippen LogP) is 2.94. The van der Waals surface area contributed by atoms with E-state index in [0.717, 1.165) is 25.0 Å². The number of hydrogen-bond donors (Lipinski definition) is 1. The lowest BCUT2D eigenvalue weighted by Crippen LogP contribution is -2.30. The third-order valence-electron chi connectivity index (χ3n) is 4.60. The second-order valence-corrected chi connectivity index (χ2v) is 6.82. The number of rotatable bonds is 4. The van der Waals surface area contributed by atoms with E-state index in [1.54, 1.807) is 10.7 Å². The molecule has 0 unspecified atom stereocenters. The number of carbonyl (C=O) groups is 1. The van der Waals surface area contributed by atoms with Gasteiger partial charge in [0.2, 0.25) is 5.95 Å². The van der Waals surface area contributed by atoms with E-state index in [1.807, 2.05) is 25.1 Å². The van der Waals surface area contributed by atoms with Gasteiger partial charge in [0.15, 0.2) is 0 Å². The van der Waals surface area contributed by atoms with E-state index in [1.165, 1.54) is 6.33 Å². The smallest absolute Gasteiger partial charge is 0.338 e. The summed E-state index contributed by atoms with van der Waals surface area (Å²) in [6.45, 7) is 2.80. The topological polar surface area (TPSA) is 78.3 Å². The summed E-state index contributed by atoms with van der Waals surface area (Å²) in [5.41, 5.74) is 2.02. The number of carbonyl (C=O) groups excluding carboxylic acids is 1. The van der Waals surface area contributed by atoms with Crippen molar-refractivity contribution in [1.29, 1.82) is 0 Å². The highest BCUT2D eigenvalue weighted by Gasteiger charge is 2.34. The highest BCUT2D eigenvalue weighted by atomic mass is 35.5. The van der Waals surface area contributed by atoms with Gasteiger partial charge in [-0.3, -0.25) is 0 Å². The van der Waals surface area contributed by atoms with Crippen molar-refractivity contribution in [3.63, 3.8) is 0 Å². The molecular formula is C18H19ClN4O3. The lowest BCUT2D eigenvalue weighted by Gasteiger charge is -2.28. The molecule has 0 radical (unpaired) electrons. The van der Waals surface area contributed by atoms with E-state index in [0.29, 0.717) is 22.2 Å². The third kappa shape index (κ3) is 3.20. The second kappa shape index (κ2) is 7.09. The molecule has 0 bridgehead atoms. The fraction of sp³-hybridized carbons (Fsp3) is 0.389. The van der Waals surface area contributed by atoms with Gasteiger partial charge in [-0.1, -0.05) is 23.7 Å². The molecule has 2 aliphatic rings. The molecule has 0 saturated carbocycles. The normalized spacial score (nSPS) is 22.1. The number of fused-ring (bicyclic) bond motifs is 1. The van der Waals surface area contributed by atoms with Crippen LogP contribution >= 0.6 is 11.6 Å². The standard InChI is InChI=1S/C18H19ClN4O3/c1-11-15(17(24)26-9-14-6-3-7-25-14)16(12-4-2-5-13(19)8-12)23-18(22-11)20-10-21-23/h2,4-5,8,10,14,16H,3,6-7,9H2,1H3,(H,20,21,22)/t14-,16-/m1/s1. The maximum atomic E-state index is 12.9. The Bertz CT molecular complexity index is 858. The third-order valence-corrected chi connectivity index (χ3v) is 4.84. The first-order chi connectivity index (χ1) is 12.6. The number of anilines is 1. The molecule has 4 rings (SSSR count). The van der Waals surface area contributed by atoms with Crippen LogP contribution in [0.1, 0.15) is 31.4 Å². The van der Waals surface area contributed by atoms with Crippen molar-refractivity contribution in [3.05, 3.63) is 52.4 Å². The Morgan fingerprint density at radius 3 is 3.15 bits per heavy atom. The molecule has 1 fully saturated rings. The predicted molar refractivity (Wildman–Crippen MR) is 95.9 cm³/mol. The number of ether oxygens (including phenoxy) is 2. The van der Waals surface area contributed by atoms with E-state index in [9.17, 15) is 4.79 Å². The molecule has 26 heavy (non-hydrogen) atoms. The quantitative estimate of drug-likeness (QED) is 0.829. The average molecular weight is 375 g/mol. The Morgan fingerprint density at radius 1 is 1.50 bits per heavy atom. The summed E-state index contributed by atoms with van der Waals surface area (Å²) in [6, 6.07) is 6.92. The van der Waals surface area contributed by atoms with Crippen LogP contribution in [0.4, 0.5) is 5.95 Å². The molecule has 2 aromatic rings. The molecule has 1 aromatic carbocycles. The van der Waals surface area contributed by atoms with Gasteiger partial charge in [0.1, 0.15) is 19.0 Å². The first-order valence-corrected chi connectivity index (χ1v) is 8.93. The molecule has 0 amide bonds. The SMILES string of the molecule is CC1=C(C(=O)OC[C@H]2CCCO2)[C@@H](c2cccc(Cl)c2)n2ncnc2N1. The Morgan fingerprint density at radius 2 is 2.38 bits per heavy atom. The van der Waals surface area contributed by atoms with Crippen LogP contribution in [-0.2, 0) is 14.3 Å². The summed E-state index contributed by atoms with van der Waals surface area (Å²) in [4.78, 5) is 17.1. The van der Waals surface area contributed by atoms with Crippen molar-refractivity contribution < 1.29 is 14.3 Å². The highest BCUT2D eigenvalue weighted by molar-refractivity contribution is 6.30. The van der Waals surface area contributed by atoms with E-state index < -0.39 is 12.0 Å². The molecule has 1 N–H and O–H groups in total. The van der Waals surface area contributed by atoms with Crippen LogP contribution in [-0.4, -0.2) is 40.1 Å². The fourth-order valence-electron chi connectivity index (χ4n) is 3.36. The zero-order valence-electron chi connectivity index (χ0n) is 14.3. The number of allylic oxidation sites excluding steroid dienone is 1. The Labute approximate surface area is 156 Å². The summed E-state index contributed by atoms with van der Waals surface area (Å²) in [5, 5.41) is 7.99. The number of aromatic nitrogens is 3. The monoisotopic (exact) mass is 374 g/mol. The van der Waals surface area contributed by atoms with Gasteiger partial charge in [0.05, 0.1) is 11.7 Å². The van der Waals surface area contributed by atoms with Crippen molar-refractivity contribution >= 4 is 23.5 Å². The summed E-state index contributed by atoms with van der Waals surface area (Å²) in [7, 11) is 0. The molecule has 1 aromatic heterocycles. The Hall–Kier alpha value is -2.38. The molecular weight excluding hydrogens is 356 g/mol. The summed E-state index contributed by atoms with van der Waals surface area (Å²) in [6.07, 6.45) is 3.34. The van der Waals surface area contributed by atoms with Crippen LogP contribution < -0.4 is 5.32 Å². The number of hydrogen-bond acceptors (Lipinski definition) is 6. The minimum absolute atomic E-state index is 0.0250. The lowest BCUT2D eigenvalue weighted by atomic mass is 9.96. The number of nitrogens with zero attached hydrogens (tertiary/aromatic N) is 3. The van der Waals surface area contributed by atoms with Crippen molar-refractivity contribution in [2.45, 2.75) is 31.9 Å². The van der Waals surface area contributed by atoms with E-state index in [4.69, 9.17) is 21.1 Å². The van der Waals surface area contributed by atoms with Crippen LogP contribution in [0.3, 0.4) is 0 Å². The Balaban J connectivity index is 1.66. The number of halogens is 1. The van der Waals surface area contributed by atoms with Crippen LogP contribution in [0.15, 0.2) is 41.9 Å². The van der Waals surface area contributed by atoms with Crippen LogP contribution in [0.2, 0.25) is 5.02 Å². The first-order valence-electron chi connectivity index (χ1n) is 8.55.